The van der Waals surface area contributed by atoms with Gasteiger partial charge in [0.1, 0.15) is 34.6 Å². The standard InChI is InChI=1S/C23H21FN4O.C22H20FN5O.C5H10O2.ClH/c1-2-3-4-20(29)26-19-10-9-18-21(15-11-13-25-14-12-15)22(28-23(18)27-19)16-5-7-17(24)8-6-16;23-16-5-3-15(4-6-16)21-20(14-9-12-25-13-10-14)17-7-8-18(27-22(17)28-21)26-19(29)2-1-11-24;1-2-3-4-5(6)7;/h5-14H,2-4H2,1H3,(H2,26,27,28,29);3-10,12-13H,1-2,11,24H2,(H2,26,27,28,29);2-4H2,1H3,(H,6,7);1H. The zero-order chi connectivity index (χ0) is 46.1. The predicted octanol–water partition coefficient (Wildman–Crippen LogP) is 11.4. The Labute approximate surface area is 387 Å². The number of nitrogens with two attached hydrogens (primary N) is 1. The number of carboxylic acid groups (broad SMARTS) is 1. The molecule has 8 rings (SSSR count). The molecule has 6 heterocycles. The molecule has 8 aromatic rings. The van der Waals surface area contributed by atoms with Crippen molar-refractivity contribution in [2.45, 2.75) is 65.2 Å². The summed E-state index contributed by atoms with van der Waals surface area (Å²) in [4.78, 5) is 57.8. The van der Waals surface area contributed by atoms with Crippen molar-refractivity contribution in [2.24, 2.45) is 5.73 Å². The maximum atomic E-state index is 13.4. The van der Waals surface area contributed by atoms with Crippen molar-refractivity contribution < 1.29 is 28.3 Å². The number of aromatic nitrogens is 6. The van der Waals surface area contributed by atoms with Gasteiger partial charge >= 0.3 is 5.97 Å². The molecule has 6 aromatic heterocycles. The Morgan fingerprint density at radius 1 is 0.561 bits per heavy atom. The lowest BCUT2D eigenvalue weighted by Crippen LogP contribution is -2.14. The minimum atomic E-state index is -0.693. The SMILES string of the molecule is CCCCC(=O)Nc1ccc2c(-c3ccncc3)c(-c3ccc(F)cc3)[nH]c2n1.CCCCC(=O)O.Cl.NCCCC(=O)Nc1ccc2c(-c3ccncc3)c(-c3ccc(F)cc3)[nH]c2n1. The monoisotopic (exact) mass is 915 g/mol. The molecule has 0 atom stereocenters. The summed E-state index contributed by atoms with van der Waals surface area (Å²) < 4.78 is 26.8. The van der Waals surface area contributed by atoms with Crippen LogP contribution in [0.5, 0.6) is 0 Å². The van der Waals surface area contributed by atoms with Crippen molar-refractivity contribution in [1.82, 2.24) is 29.9 Å². The highest BCUT2D eigenvalue weighted by Gasteiger charge is 2.19. The fourth-order valence-electron chi connectivity index (χ4n) is 6.92. The number of nitrogens with one attached hydrogen (secondary N) is 4. The van der Waals surface area contributed by atoms with Crippen LogP contribution in [0.4, 0.5) is 20.4 Å². The quantitative estimate of drug-likeness (QED) is 0.0578. The Bertz CT molecular complexity index is 2640. The second-order valence-corrected chi connectivity index (χ2v) is 15.0. The highest BCUT2D eigenvalue weighted by atomic mass is 35.5. The summed E-state index contributed by atoms with van der Waals surface area (Å²) in [6, 6.07) is 27.8. The molecule has 342 valence electrons. The van der Waals surface area contributed by atoms with Gasteiger partial charge < -0.3 is 31.4 Å². The lowest BCUT2D eigenvalue weighted by atomic mass is 10.00. The van der Waals surface area contributed by atoms with Crippen molar-refractivity contribution in [3.8, 4) is 44.8 Å². The molecule has 0 aliphatic heterocycles. The Morgan fingerprint density at radius 2 is 0.955 bits per heavy atom. The number of carboxylic acids is 1. The third-order valence-electron chi connectivity index (χ3n) is 10.2. The average molecular weight is 916 g/mol. The number of rotatable bonds is 15. The molecular formula is C50H52ClF2N9O4. The van der Waals surface area contributed by atoms with Crippen LogP contribution >= 0.6 is 12.4 Å². The van der Waals surface area contributed by atoms with E-state index in [2.05, 4.69) is 40.5 Å². The number of hydrogen-bond acceptors (Lipinski definition) is 8. The summed E-state index contributed by atoms with van der Waals surface area (Å²) in [5.74, 6) is -0.469. The number of carbonyl (C=O) groups excluding carboxylic acids is 2. The van der Waals surface area contributed by atoms with Crippen LogP contribution in [0, 0.1) is 11.6 Å². The van der Waals surface area contributed by atoms with Crippen molar-refractivity contribution in [3.63, 3.8) is 0 Å². The van der Waals surface area contributed by atoms with Crippen LogP contribution in [-0.2, 0) is 14.4 Å². The van der Waals surface area contributed by atoms with E-state index in [0.29, 0.717) is 55.2 Å². The molecule has 0 saturated carbocycles. The first-order chi connectivity index (χ1) is 31.6. The molecule has 0 bridgehead atoms. The summed E-state index contributed by atoms with van der Waals surface area (Å²) >= 11 is 0. The largest absolute Gasteiger partial charge is 0.481 e. The number of halogens is 3. The molecule has 2 amide bonds. The van der Waals surface area contributed by atoms with E-state index in [4.69, 9.17) is 10.8 Å². The first-order valence-electron chi connectivity index (χ1n) is 21.5. The molecule has 2 aromatic carbocycles. The summed E-state index contributed by atoms with van der Waals surface area (Å²) in [6.07, 6.45) is 12.3. The highest BCUT2D eigenvalue weighted by Crippen LogP contribution is 2.39. The third kappa shape index (κ3) is 13.3. The lowest BCUT2D eigenvalue weighted by Gasteiger charge is -2.06. The van der Waals surface area contributed by atoms with Gasteiger partial charge in [-0.25, -0.2) is 18.7 Å². The average Bonchev–Trinajstić information content (AvgIpc) is 3.89. The number of pyridine rings is 4. The fourth-order valence-corrected chi connectivity index (χ4v) is 6.92. The number of carbonyl (C=O) groups is 3. The van der Waals surface area contributed by atoms with E-state index in [1.165, 1.54) is 24.3 Å². The lowest BCUT2D eigenvalue weighted by molar-refractivity contribution is -0.137. The van der Waals surface area contributed by atoms with Gasteiger partial charge in [0.15, 0.2) is 0 Å². The number of amides is 2. The minimum Gasteiger partial charge on any atom is -0.481 e. The second-order valence-electron chi connectivity index (χ2n) is 15.0. The zero-order valence-electron chi connectivity index (χ0n) is 36.6. The summed E-state index contributed by atoms with van der Waals surface area (Å²) in [7, 11) is 0. The van der Waals surface area contributed by atoms with Gasteiger partial charge in [-0.05, 0) is 145 Å². The van der Waals surface area contributed by atoms with Crippen LogP contribution in [0.15, 0.2) is 122 Å². The predicted molar refractivity (Wildman–Crippen MR) is 259 cm³/mol. The third-order valence-corrected chi connectivity index (χ3v) is 10.2. The molecule has 7 N–H and O–H groups in total. The molecule has 0 saturated heterocycles. The number of unbranched alkanes of at least 4 members (excludes halogenated alkanes) is 2. The van der Waals surface area contributed by atoms with Crippen LogP contribution in [0.1, 0.15) is 65.2 Å². The van der Waals surface area contributed by atoms with Gasteiger partial charge in [-0.3, -0.25) is 24.4 Å². The number of nitrogens with zero attached hydrogens (tertiary/aromatic N) is 4. The smallest absolute Gasteiger partial charge is 0.303 e. The highest BCUT2D eigenvalue weighted by molar-refractivity contribution is 6.04. The van der Waals surface area contributed by atoms with Crippen LogP contribution in [0.25, 0.3) is 66.8 Å². The van der Waals surface area contributed by atoms with Crippen LogP contribution in [0.3, 0.4) is 0 Å². The minimum absolute atomic E-state index is 0. The fraction of sp³-hybridized carbons (Fsp3) is 0.220. The molecule has 66 heavy (non-hydrogen) atoms. The van der Waals surface area contributed by atoms with Crippen molar-refractivity contribution in [3.05, 3.63) is 133 Å². The van der Waals surface area contributed by atoms with E-state index >= 15 is 0 Å². The van der Waals surface area contributed by atoms with E-state index in [9.17, 15) is 23.2 Å². The molecule has 0 spiro atoms. The van der Waals surface area contributed by atoms with Crippen LogP contribution < -0.4 is 16.4 Å². The van der Waals surface area contributed by atoms with Crippen molar-refractivity contribution in [1.29, 1.82) is 0 Å². The Kier molecular flexibility index (Phi) is 18.5. The number of hydrogen-bond donors (Lipinski definition) is 6. The molecule has 0 aliphatic carbocycles. The number of aromatic amines is 2. The number of benzene rings is 2. The Balaban J connectivity index is 0.000000214. The zero-order valence-corrected chi connectivity index (χ0v) is 37.4. The summed E-state index contributed by atoms with van der Waals surface area (Å²) in [6.45, 7) is 4.49. The van der Waals surface area contributed by atoms with Gasteiger partial charge in [0.2, 0.25) is 11.8 Å². The van der Waals surface area contributed by atoms with E-state index in [0.717, 1.165) is 81.2 Å². The van der Waals surface area contributed by atoms with Gasteiger partial charge in [0.25, 0.3) is 0 Å². The van der Waals surface area contributed by atoms with E-state index in [-0.39, 0.29) is 35.9 Å². The van der Waals surface area contributed by atoms with Gasteiger partial charge in [-0.2, -0.15) is 0 Å². The molecule has 13 nitrogen and oxygen atoms in total. The number of fused-ring (bicyclic) bond motifs is 2. The maximum Gasteiger partial charge on any atom is 0.303 e. The van der Waals surface area contributed by atoms with E-state index < -0.39 is 5.97 Å². The van der Waals surface area contributed by atoms with Gasteiger partial charge in [0.05, 0.1) is 11.4 Å². The Morgan fingerprint density at radius 3 is 1.32 bits per heavy atom. The van der Waals surface area contributed by atoms with Gasteiger partial charge in [0, 0.05) is 65.9 Å². The molecule has 0 fully saturated rings. The second kappa shape index (κ2) is 24.6. The van der Waals surface area contributed by atoms with Crippen LogP contribution in [0.2, 0.25) is 0 Å². The van der Waals surface area contributed by atoms with E-state index in [1.807, 2.05) is 50.2 Å². The molecule has 0 unspecified atom stereocenters. The van der Waals surface area contributed by atoms with Crippen molar-refractivity contribution in [2.75, 3.05) is 17.2 Å². The maximum absolute atomic E-state index is 13.4. The first kappa shape index (κ1) is 49.7. The normalized spacial score (nSPS) is 10.6. The molecule has 0 aliphatic rings. The summed E-state index contributed by atoms with van der Waals surface area (Å²) in [5.41, 5.74) is 14.0. The number of H-pyrrole nitrogens is 2. The van der Waals surface area contributed by atoms with Gasteiger partial charge in [-0.1, -0.05) is 26.7 Å². The van der Waals surface area contributed by atoms with E-state index in [1.54, 1.807) is 61.2 Å². The summed E-state index contributed by atoms with van der Waals surface area (Å²) in [5, 5.41) is 15.5. The number of aliphatic carboxylic acids is 1. The molecule has 0 radical (unpaired) electrons. The Hall–Kier alpha value is -7.36. The topological polar surface area (TPSA) is 205 Å². The van der Waals surface area contributed by atoms with Crippen LogP contribution in [-0.4, -0.2) is 59.3 Å². The number of anilines is 2. The molecule has 16 heteroatoms. The van der Waals surface area contributed by atoms with Gasteiger partial charge in [-0.15, -0.1) is 12.4 Å². The van der Waals surface area contributed by atoms with Crippen molar-refractivity contribution >= 4 is 63.9 Å². The first-order valence-corrected chi connectivity index (χ1v) is 21.5. The molecular weight excluding hydrogens is 864 g/mol.